The molecule has 1 aromatic carbocycles. The Morgan fingerprint density at radius 3 is 2.73 bits per heavy atom. The summed E-state index contributed by atoms with van der Waals surface area (Å²) >= 11 is 1.62. The standard InChI is InChI=1S/C23H30N6O3S/c1-3-33-23-26-21(28-12-14-32-15-13-28)19-16-25-29(22(19)27-23)11-10-24-20(30)9-6-17-4-7-18(31-2)8-5-17/h4-5,7-8,16H,3,6,9-15H2,1-2H3,(H,24,30). The number of hydrogen-bond donors (Lipinski definition) is 1. The molecule has 3 heterocycles. The summed E-state index contributed by atoms with van der Waals surface area (Å²) in [4.78, 5) is 24.1. The molecule has 1 saturated heterocycles. The molecule has 1 aliphatic rings. The molecule has 0 radical (unpaired) electrons. The SMILES string of the molecule is CCSc1nc(N2CCOCC2)c2cnn(CCNC(=O)CCc3ccc(OC)cc3)c2n1. The molecule has 33 heavy (non-hydrogen) atoms. The lowest BCUT2D eigenvalue weighted by Crippen LogP contribution is -2.37. The second kappa shape index (κ2) is 11.3. The van der Waals surface area contributed by atoms with Gasteiger partial charge in [-0.2, -0.15) is 5.10 Å². The highest BCUT2D eigenvalue weighted by Gasteiger charge is 2.20. The molecule has 4 rings (SSSR count). The van der Waals surface area contributed by atoms with Crippen molar-refractivity contribution < 1.29 is 14.3 Å². The molecule has 0 spiro atoms. The number of benzene rings is 1. The number of aryl methyl sites for hydroxylation is 1. The number of aromatic nitrogens is 4. The van der Waals surface area contributed by atoms with Crippen molar-refractivity contribution in [3.63, 3.8) is 0 Å². The first-order chi connectivity index (χ1) is 16.2. The molecule has 3 aromatic rings. The molecule has 1 fully saturated rings. The monoisotopic (exact) mass is 470 g/mol. The van der Waals surface area contributed by atoms with E-state index in [1.165, 1.54) is 0 Å². The number of nitrogens with zero attached hydrogens (tertiary/aromatic N) is 5. The van der Waals surface area contributed by atoms with E-state index in [0.29, 0.717) is 39.1 Å². The Morgan fingerprint density at radius 1 is 1.21 bits per heavy atom. The molecule has 1 aliphatic heterocycles. The predicted octanol–water partition coefficient (Wildman–Crippen LogP) is 2.53. The summed E-state index contributed by atoms with van der Waals surface area (Å²) in [5, 5.41) is 9.22. The quantitative estimate of drug-likeness (QED) is 0.357. The van der Waals surface area contributed by atoms with Crippen molar-refractivity contribution in [2.24, 2.45) is 0 Å². The van der Waals surface area contributed by atoms with Gasteiger partial charge in [0.25, 0.3) is 0 Å². The molecule has 2 aromatic heterocycles. The van der Waals surface area contributed by atoms with Gasteiger partial charge < -0.3 is 19.7 Å². The van der Waals surface area contributed by atoms with Crippen LogP contribution in [0.2, 0.25) is 0 Å². The summed E-state index contributed by atoms with van der Waals surface area (Å²) in [6.07, 6.45) is 2.95. The van der Waals surface area contributed by atoms with Gasteiger partial charge in [-0.25, -0.2) is 14.6 Å². The van der Waals surface area contributed by atoms with Crippen molar-refractivity contribution in [1.29, 1.82) is 0 Å². The van der Waals surface area contributed by atoms with Crippen molar-refractivity contribution in [2.45, 2.75) is 31.5 Å². The van der Waals surface area contributed by atoms with Crippen LogP contribution in [0, 0.1) is 0 Å². The molecule has 0 saturated carbocycles. The number of fused-ring (bicyclic) bond motifs is 1. The second-order valence-electron chi connectivity index (χ2n) is 7.67. The number of amides is 1. The Hall–Kier alpha value is -2.85. The van der Waals surface area contributed by atoms with Crippen LogP contribution in [0.5, 0.6) is 5.75 Å². The third kappa shape index (κ3) is 5.94. The molecule has 1 N–H and O–H groups in total. The number of methoxy groups -OCH3 is 1. The summed E-state index contributed by atoms with van der Waals surface area (Å²) in [6.45, 7) is 6.12. The first-order valence-corrected chi connectivity index (χ1v) is 12.2. The maximum atomic E-state index is 12.3. The molecule has 1 amide bonds. The van der Waals surface area contributed by atoms with Crippen LogP contribution in [-0.2, 0) is 22.5 Å². The summed E-state index contributed by atoms with van der Waals surface area (Å²) < 4.78 is 12.5. The van der Waals surface area contributed by atoms with E-state index in [4.69, 9.17) is 19.4 Å². The average molecular weight is 471 g/mol. The lowest BCUT2D eigenvalue weighted by atomic mass is 10.1. The number of thioether (sulfide) groups is 1. The van der Waals surface area contributed by atoms with Crippen molar-refractivity contribution >= 4 is 34.5 Å². The molecule has 0 unspecified atom stereocenters. The van der Waals surface area contributed by atoms with Gasteiger partial charge in [0.1, 0.15) is 11.6 Å². The number of carbonyl (C=O) groups is 1. The number of morpholine rings is 1. The van der Waals surface area contributed by atoms with Crippen molar-refractivity contribution in [2.75, 3.05) is 50.6 Å². The van der Waals surface area contributed by atoms with Crippen LogP contribution in [0.25, 0.3) is 11.0 Å². The van der Waals surface area contributed by atoms with Gasteiger partial charge in [0.15, 0.2) is 10.8 Å². The fourth-order valence-corrected chi connectivity index (χ4v) is 4.29. The predicted molar refractivity (Wildman–Crippen MR) is 129 cm³/mol. The normalized spacial score (nSPS) is 13.9. The molecule has 10 heteroatoms. The topological polar surface area (TPSA) is 94.4 Å². The number of ether oxygens (including phenoxy) is 2. The summed E-state index contributed by atoms with van der Waals surface area (Å²) in [7, 11) is 1.64. The minimum atomic E-state index is 0.0214. The van der Waals surface area contributed by atoms with Crippen LogP contribution < -0.4 is 15.0 Å². The van der Waals surface area contributed by atoms with Crippen LogP contribution in [0.1, 0.15) is 18.9 Å². The lowest BCUT2D eigenvalue weighted by Gasteiger charge is -2.28. The van der Waals surface area contributed by atoms with E-state index in [1.807, 2.05) is 35.1 Å². The van der Waals surface area contributed by atoms with Crippen LogP contribution in [0.4, 0.5) is 5.82 Å². The fraction of sp³-hybridized carbons (Fsp3) is 0.478. The fourth-order valence-electron chi connectivity index (χ4n) is 3.73. The molecule has 0 bridgehead atoms. The summed E-state index contributed by atoms with van der Waals surface area (Å²) in [5.74, 6) is 2.64. The zero-order valence-electron chi connectivity index (χ0n) is 19.1. The van der Waals surface area contributed by atoms with Crippen LogP contribution in [0.15, 0.2) is 35.6 Å². The van der Waals surface area contributed by atoms with Gasteiger partial charge in [0, 0.05) is 26.1 Å². The van der Waals surface area contributed by atoms with Gasteiger partial charge in [-0.3, -0.25) is 4.79 Å². The number of hydrogen-bond acceptors (Lipinski definition) is 8. The third-order valence-corrected chi connectivity index (χ3v) is 6.21. The van der Waals surface area contributed by atoms with Crippen molar-refractivity contribution in [3.8, 4) is 5.75 Å². The van der Waals surface area contributed by atoms with E-state index in [9.17, 15) is 4.79 Å². The lowest BCUT2D eigenvalue weighted by molar-refractivity contribution is -0.121. The zero-order chi connectivity index (χ0) is 23.0. The van der Waals surface area contributed by atoms with E-state index in [1.54, 1.807) is 18.9 Å². The highest BCUT2D eigenvalue weighted by molar-refractivity contribution is 7.99. The van der Waals surface area contributed by atoms with Gasteiger partial charge >= 0.3 is 0 Å². The van der Waals surface area contributed by atoms with Crippen LogP contribution >= 0.6 is 11.8 Å². The molecular formula is C23H30N6O3S. The van der Waals surface area contributed by atoms with E-state index < -0.39 is 0 Å². The minimum Gasteiger partial charge on any atom is -0.497 e. The molecular weight excluding hydrogens is 440 g/mol. The van der Waals surface area contributed by atoms with Crippen molar-refractivity contribution in [3.05, 3.63) is 36.0 Å². The second-order valence-corrected chi connectivity index (χ2v) is 8.90. The number of anilines is 1. The summed E-state index contributed by atoms with van der Waals surface area (Å²) in [6, 6.07) is 7.79. The van der Waals surface area contributed by atoms with E-state index in [0.717, 1.165) is 52.2 Å². The molecule has 9 nitrogen and oxygen atoms in total. The Morgan fingerprint density at radius 2 is 2.00 bits per heavy atom. The van der Waals surface area contributed by atoms with Gasteiger partial charge in [0.05, 0.1) is 38.5 Å². The molecule has 176 valence electrons. The van der Waals surface area contributed by atoms with E-state index in [2.05, 4.69) is 22.2 Å². The zero-order valence-corrected chi connectivity index (χ0v) is 19.9. The highest BCUT2D eigenvalue weighted by atomic mass is 32.2. The third-order valence-electron chi connectivity index (χ3n) is 5.49. The Kier molecular flexibility index (Phi) is 8.01. The van der Waals surface area contributed by atoms with E-state index >= 15 is 0 Å². The molecule has 0 atom stereocenters. The molecule has 0 aliphatic carbocycles. The van der Waals surface area contributed by atoms with Crippen LogP contribution in [-0.4, -0.2) is 71.4 Å². The number of carbonyl (C=O) groups excluding carboxylic acids is 1. The maximum absolute atomic E-state index is 12.3. The number of rotatable bonds is 10. The Labute approximate surface area is 197 Å². The van der Waals surface area contributed by atoms with Gasteiger partial charge in [-0.05, 0) is 29.9 Å². The van der Waals surface area contributed by atoms with E-state index in [-0.39, 0.29) is 5.91 Å². The minimum absolute atomic E-state index is 0.0214. The van der Waals surface area contributed by atoms with Crippen molar-refractivity contribution in [1.82, 2.24) is 25.1 Å². The maximum Gasteiger partial charge on any atom is 0.220 e. The first-order valence-electron chi connectivity index (χ1n) is 11.3. The number of nitrogens with one attached hydrogen (secondary N) is 1. The van der Waals surface area contributed by atoms with Gasteiger partial charge in [-0.15, -0.1) is 0 Å². The smallest absolute Gasteiger partial charge is 0.220 e. The van der Waals surface area contributed by atoms with Crippen LogP contribution in [0.3, 0.4) is 0 Å². The highest BCUT2D eigenvalue weighted by Crippen LogP contribution is 2.27. The first kappa shape index (κ1) is 23.3. The van der Waals surface area contributed by atoms with Gasteiger partial charge in [0.2, 0.25) is 5.91 Å². The van der Waals surface area contributed by atoms with Gasteiger partial charge in [-0.1, -0.05) is 30.8 Å². The largest absolute Gasteiger partial charge is 0.497 e. The Balaban J connectivity index is 1.37. The average Bonchev–Trinajstić information content (AvgIpc) is 3.26. The summed E-state index contributed by atoms with van der Waals surface area (Å²) in [5.41, 5.74) is 1.91. The Bertz CT molecular complexity index is 1070.